The molecule has 1 aliphatic rings. The fourth-order valence-electron chi connectivity index (χ4n) is 1.82. The second-order valence-corrected chi connectivity index (χ2v) is 4.51. The minimum absolute atomic E-state index is 0.235. The van der Waals surface area contributed by atoms with E-state index in [0.717, 1.165) is 23.0 Å². The molecule has 1 heterocycles. The zero-order valence-electron chi connectivity index (χ0n) is 7.20. The van der Waals surface area contributed by atoms with Crippen molar-refractivity contribution in [2.45, 2.75) is 24.4 Å². The van der Waals surface area contributed by atoms with Crippen LogP contribution in [0.2, 0.25) is 0 Å². The van der Waals surface area contributed by atoms with E-state index in [9.17, 15) is 0 Å². The quantitative estimate of drug-likeness (QED) is 0.775. The summed E-state index contributed by atoms with van der Waals surface area (Å²) < 4.78 is 0.976. The highest BCUT2D eigenvalue weighted by atomic mass is 79.9. The van der Waals surface area contributed by atoms with E-state index in [2.05, 4.69) is 20.9 Å². The molecule has 0 aliphatic heterocycles. The van der Waals surface area contributed by atoms with Gasteiger partial charge in [-0.05, 0) is 40.9 Å². The van der Waals surface area contributed by atoms with Crippen molar-refractivity contribution in [3.8, 4) is 0 Å². The van der Waals surface area contributed by atoms with Gasteiger partial charge in [-0.25, -0.2) is 0 Å². The van der Waals surface area contributed by atoms with Crippen molar-refractivity contribution in [1.82, 2.24) is 4.98 Å². The minimum Gasteiger partial charge on any atom is -0.328 e. The predicted octanol–water partition coefficient (Wildman–Crippen LogP) is 1.12. The lowest BCUT2D eigenvalue weighted by Gasteiger charge is -2.42. The van der Waals surface area contributed by atoms with Gasteiger partial charge in [-0.1, -0.05) is 0 Å². The molecule has 2 rings (SSSR count). The van der Waals surface area contributed by atoms with Crippen molar-refractivity contribution in [2.75, 3.05) is 0 Å². The van der Waals surface area contributed by atoms with Gasteiger partial charge in [0.25, 0.3) is 0 Å². The smallest absolute Gasteiger partial charge is 0.0745 e. The van der Waals surface area contributed by atoms with Gasteiger partial charge in [0.15, 0.2) is 0 Å². The molecule has 70 valence electrons. The summed E-state index contributed by atoms with van der Waals surface area (Å²) in [4.78, 5) is 4.28. The second-order valence-electron chi connectivity index (χ2n) is 3.66. The third kappa shape index (κ3) is 1.49. The van der Waals surface area contributed by atoms with Crippen molar-refractivity contribution in [1.29, 1.82) is 0 Å². The van der Waals surface area contributed by atoms with Gasteiger partial charge in [0.1, 0.15) is 0 Å². The third-order valence-corrected chi connectivity index (χ3v) is 3.12. The highest BCUT2D eigenvalue weighted by Gasteiger charge is 2.42. The molecule has 0 bridgehead atoms. The predicted molar refractivity (Wildman–Crippen MR) is 55.0 cm³/mol. The Morgan fingerprint density at radius 3 is 2.77 bits per heavy atom. The van der Waals surface area contributed by atoms with E-state index in [1.54, 1.807) is 6.20 Å². The second kappa shape index (κ2) is 3.04. The Balaban J connectivity index is 2.31. The molecule has 13 heavy (non-hydrogen) atoms. The molecule has 0 unspecified atom stereocenters. The SMILES string of the molecule is NC1CC(N)(c2ncccc2Br)C1. The number of pyridine rings is 1. The summed E-state index contributed by atoms with van der Waals surface area (Å²) in [5.41, 5.74) is 12.5. The first kappa shape index (κ1) is 9.12. The van der Waals surface area contributed by atoms with Crippen LogP contribution in [0.25, 0.3) is 0 Å². The number of rotatable bonds is 1. The molecule has 0 amide bonds. The molecule has 0 spiro atoms. The largest absolute Gasteiger partial charge is 0.328 e. The summed E-state index contributed by atoms with van der Waals surface area (Å²) in [7, 11) is 0. The van der Waals surface area contributed by atoms with Crippen molar-refractivity contribution >= 4 is 15.9 Å². The summed E-state index contributed by atoms with van der Waals surface area (Å²) in [5.74, 6) is 0. The van der Waals surface area contributed by atoms with Gasteiger partial charge in [-0.2, -0.15) is 0 Å². The monoisotopic (exact) mass is 241 g/mol. The maximum absolute atomic E-state index is 6.14. The van der Waals surface area contributed by atoms with E-state index >= 15 is 0 Å². The van der Waals surface area contributed by atoms with Crippen LogP contribution in [0.5, 0.6) is 0 Å². The van der Waals surface area contributed by atoms with Crippen molar-refractivity contribution in [2.24, 2.45) is 11.5 Å². The maximum Gasteiger partial charge on any atom is 0.0745 e. The summed E-state index contributed by atoms with van der Waals surface area (Å²) >= 11 is 3.44. The molecule has 0 radical (unpaired) electrons. The standard InChI is InChI=1S/C9H12BrN3/c10-7-2-1-3-13-8(7)9(12)4-6(11)5-9/h1-3,6H,4-5,11-12H2. The Bertz CT molecular complexity index is 320. The Morgan fingerprint density at radius 1 is 1.54 bits per heavy atom. The average molecular weight is 242 g/mol. The molecule has 0 saturated heterocycles. The van der Waals surface area contributed by atoms with E-state index in [4.69, 9.17) is 11.5 Å². The molecule has 4 heteroatoms. The molecule has 1 aromatic heterocycles. The van der Waals surface area contributed by atoms with Gasteiger partial charge in [0, 0.05) is 16.7 Å². The van der Waals surface area contributed by atoms with Gasteiger partial charge >= 0.3 is 0 Å². The Hall–Kier alpha value is -0.450. The van der Waals surface area contributed by atoms with Crippen LogP contribution in [-0.4, -0.2) is 11.0 Å². The number of hydrogen-bond acceptors (Lipinski definition) is 3. The van der Waals surface area contributed by atoms with E-state index in [1.165, 1.54) is 0 Å². The van der Waals surface area contributed by atoms with Gasteiger partial charge in [0.2, 0.25) is 0 Å². The first-order valence-corrected chi connectivity index (χ1v) is 5.06. The highest BCUT2D eigenvalue weighted by molar-refractivity contribution is 9.10. The van der Waals surface area contributed by atoms with E-state index in [0.29, 0.717) is 0 Å². The van der Waals surface area contributed by atoms with Crippen LogP contribution in [0, 0.1) is 0 Å². The maximum atomic E-state index is 6.14. The number of halogens is 1. The number of nitrogens with zero attached hydrogens (tertiary/aromatic N) is 1. The molecule has 0 atom stereocenters. The van der Waals surface area contributed by atoms with Crippen LogP contribution in [0.4, 0.5) is 0 Å². The molecule has 1 aliphatic carbocycles. The summed E-state index contributed by atoms with van der Waals surface area (Å²) in [5, 5.41) is 0. The Kier molecular flexibility index (Phi) is 2.14. The number of nitrogens with two attached hydrogens (primary N) is 2. The van der Waals surface area contributed by atoms with Crippen LogP contribution in [0.15, 0.2) is 22.8 Å². The molecule has 0 aromatic carbocycles. The lowest BCUT2D eigenvalue weighted by Crippen LogP contribution is -2.55. The summed E-state index contributed by atoms with van der Waals surface area (Å²) in [6.45, 7) is 0. The zero-order chi connectivity index (χ0) is 9.47. The van der Waals surface area contributed by atoms with E-state index in [1.807, 2.05) is 12.1 Å². The lowest BCUT2D eigenvalue weighted by molar-refractivity contribution is 0.204. The normalized spacial score (nSPS) is 32.7. The first-order chi connectivity index (χ1) is 6.12. The number of aromatic nitrogens is 1. The van der Waals surface area contributed by atoms with E-state index in [-0.39, 0.29) is 11.6 Å². The molecular formula is C9H12BrN3. The van der Waals surface area contributed by atoms with Crippen molar-refractivity contribution in [3.05, 3.63) is 28.5 Å². The van der Waals surface area contributed by atoms with Gasteiger partial charge in [-0.3, -0.25) is 4.98 Å². The van der Waals surface area contributed by atoms with Gasteiger partial charge < -0.3 is 11.5 Å². The molecule has 4 N–H and O–H groups in total. The van der Waals surface area contributed by atoms with Crippen molar-refractivity contribution < 1.29 is 0 Å². The Labute approximate surface area is 85.7 Å². The fourth-order valence-corrected chi connectivity index (χ4v) is 2.47. The topological polar surface area (TPSA) is 64.9 Å². The van der Waals surface area contributed by atoms with Crippen LogP contribution < -0.4 is 11.5 Å². The molecule has 3 nitrogen and oxygen atoms in total. The first-order valence-electron chi connectivity index (χ1n) is 4.27. The van der Waals surface area contributed by atoms with Gasteiger partial charge in [-0.15, -0.1) is 0 Å². The highest BCUT2D eigenvalue weighted by Crippen LogP contribution is 2.39. The molecule has 1 aromatic rings. The van der Waals surface area contributed by atoms with E-state index < -0.39 is 0 Å². The summed E-state index contributed by atoms with van der Waals surface area (Å²) in [6.07, 6.45) is 3.41. The van der Waals surface area contributed by atoms with Crippen LogP contribution >= 0.6 is 15.9 Å². The molecule has 1 fully saturated rings. The zero-order valence-corrected chi connectivity index (χ0v) is 8.79. The minimum atomic E-state index is -0.306. The van der Waals surface area contributed by atoms with Crippen LogP contribution in [0.1, 0.15) is 18.5 Å². The lowest BCUT2D eigenvalue weighted by atomic mass is 9.71. The van der Waals surface area contributed by atoms with Crippen LogP contribution in [-0.2, 0) is 5.54 Å². The van der Waals surface area contributed by atoms with Gasteiger partial charge in [0.05, 0.1) is 11.2 Å². The fraction of sp³-hybridized carbons (Fsp3) is 0.444. The average Bonchev–Trinajstić information content (AvgIpc) is 2.02. The van der Waals surface area contributed by atoms with Crippen LogP contribution in [0.3, 0.4) is 0 Å². The number of hydrogen-bond donors (Lipinski definition) is 2. The molecule has 1 saturated carbocycles. The molecular weight excluding hydrogens is 230 g/mol. The van der Waals surface area contributed by atoms with Crippen molar-refractivity contribution in [3.63, 3.8) is 0 Å². The third-order valence-electron chi connectivity index (χ3n) is 2.48. The Morgan fingerprint density at radius 2 is 2.23 bits per heavy atom. The summed E-state index contributed by atoms with van der Waals surface area (Å²) in [6, 6.07) is 4.08.